The molecule has 0 spiro atoms. The highest BCUT2D eigenvalue weighted by Gasteiger charge is 2.32. The van der Waals surface area contributed by atoms with Gasteiger partial charge in [-0.15, -0.1) is 0 Å². The van der Waals surface area contributed by atoms with Crippen LogP contribution in [0.2, 0.25) is 5.02 Å². The average Bonchev–Trinajstić information content (AvgIpc) is 3.14. The number of pyridine rings is 1. The predicted octanol–water partition coefficient (Wildman–Crippen LogP) is 3.39. The first-order chi connectivity index (χ1) is 14.0. The molecule has 2 aromatic heterocycles. The Labute approximate surface area is 169 Å². The second kappa shape index (κ2) is 8.02. The van der Waals surface area contributed by atoms with E-state index in [1.807, 2.05) is 6.92 Å². The van der Waals surface area contributed by atoms with Gasteiger partial charge >= 0.3 is 0 Å². The summed E-state index contributed by atoms with van der Waals surface area (Å²) in [6.07, 6.45) is 1.97. The average molecular weight is 423 g/mol. The number of nitrogens with two attached hydrogens (primary N) is 1. The fourth-order valence-corrected chi connectivity index (χ4v) is 3.39. The van der Waals surface area contributed by atoms with Crippen molar-refractivity contribution < 1.29 is 23.0 Å². The fraction of sp³-hybridized carbons (Fsp3) is 0.316. The van der Waals surface area contributed by atoms with Crippen molar-refractivity contribution in [2.45, 2.75) is 19.1 Å². The molecule has 3 heterocycles. The molecule has 0 aliphatic carbocycles. The van der Waals surface area contributed by atoms with Crippen molar-refractivity contribution in [3.05, 3.63) is 41.3 Å². The lowest BCUT2D eigenvalue weighted by Crippen LogP contribution is -2.33. The van der Waals surface area contributed by atoms with E-state index >= 15 is 0 Å². The lowest BCUT2D eigenvalue weighted by Gasteiger charge is -2.20. The van der Waals surface area contributed by atoms with E-state index in [0.717, 1.165) is 6.07 Å². The van der Waals surface area contributed by atoms with Crippen LogP contribution in [0.15, 0.2) is 24.7 Å². The molecule has 1 saturated heterocycles. The van der Waals surface area contributed by atoms with Gasteiger partial charge in [0.25, 0.3) is 0 Å². The number of hydrogen-bond donors (Lipinski definition) is 1. The Hall–Kier alpha value is -2.62. The number of hydrogen-bond acceptors (Lipinski definition) is 7. The van der Waals surface area contributed by atoms with Crippen molar-refractivity contribution in [3.8, 4) is 17.0 Å². The van der Waals surface area contributed by atoms with E-state index in [2.05, 4.69) is 15.0 Å². The minimum Gasteiger partial charge on any atom is -0.468 e. The topological polar surface area (TPSA) is 92.4 Å². The summed E-state index contributed by atoms with van der Waals surface area (Å²) in [5.41, 5.74) is 6.67. The van der Waals surface area contributed by atoms with Crippen LogP contribution in [0.4, 0.5) is 14.6 Å². The van der Waals surface area contributed by atoms with Gasteiger partial charge in [-0.05, 0) is 19.1 Å². The molecule has 1 fully saturated rings. The normalized spacial score (nSPS) is 19.0. The third kappa shape index (κ3) is 3.57. The van der Waals surface area contributed by atoms with Gasteiger partial charge in [0.1, 0.15) is 34.5 Å². The zero-order chi connectivity index (χ0) is 20.5. The molecule has 0 unspecified atom stereocenters. The van der Waals surface area contributed by atoms with E-state index in [1.165, 1.54) is 18.6 Å². The van der Waals surface area contributed by atoms with Crippen LogP contribution >= 0.6 is 11.6 Å². The number of halogens is 3. The summed E-state index contributed by atoms with van der Waals surface area (Å²) in [6, 6.07) is 2.34. The van der Waals surface area contributed by atoms with Crippen LogP contribution in [-0.4, -0.2) is 47.0 Å². The fourth-order valence-electron chi connectivity index (χ4n) is 3.22. The summed E-state index contributed by atoms with van der Waals surface area (Å²) in [4.78, 5) is 12.5. The van der Waals surface area contributed by atoms with E-state index in [0.29, 0.717) is 30.7 Å². The predicted molar refractivity (Wildman–Crippen MR) is 103 cm³/mol. The molecule has 0 bridgehead atoms. The third-order valence-corrected chi connectivity index (χ3v) is 4.95. The molecule has 0 amide bonds. The Morgan fingerprint density at radius 2 is 1.97 bits per heavy atom. The maximum absolute atomic E-state index is 14.6. The third-order valence-electron chi connectivity index (χ3n) is 4.60. The molecule has 1 aromatic carbocycles. The van der Waals surface area contributed by atoms with E-state index in [-0.39, 0.29) is 28.9 Å². The van der Waals surface area contributed by atoms with E-state index < -0.39 is 22.8 Å². The lowest BCUT2D eigenvalue weighted by molar-refractivity contribution is 0.00535. The van der Waals surface area contributed by atoms with E-state index in [9.17, 15) is 8.78 Å². The Balaban J connectivity index is 1.82. The second-order valence-electron chi connectivity index (χ2n) is 6.37. The molecule has 3 aromatic rings. The summed E-state index contributed by atoms with van der Waals surface area (Å²) in [5, 5.41) is -0.298. The molecule has 152 valence electrons. The highest BCUT2D eigenvalue weighted by Crippen LogP contribution is 2.37. The molecule has 10 heteroatoms. The van der Waals surface area contributed by atoms with Crippen LogP contribution in [0.5, 0.6) is 5.88 Å². The molecule has 2 N–H and O–H groups in total. The van der Waals surface area contributed by atoms with Gasteiger partial charge in [-0.1, -0.05) is 11.6 Å². The quantitative estimate of drug-likeness (QED) is 0.630. The zero-order valence-electron chi connectivity index (χ0n) is 15.4. The number of aromatic nitrogens is 3. The molecule has 29 heavy (non-hydrogen) atoms. The van der Waals surface area contributed by atoms with Crippen molar-refractivity contribution in [2.75, 3.05) is 25.6 Å². The Morgan fingerprint density at radius 1 is 1.17 bits per heavy atom. The first-order valence-electron chi connectivity index (χ1n) is 8.90. The number of nitrogen functional groups attached to an aromatic ring is 1. The summed E-state index contributed by atoms with van der Waals surface area (Å²) >= 11 is 5.73. The first-order valence-corrected chi connectivity index (χ1v) is 9.28. The van der Waals surface area contributed by atoms with Crippen molar-refractivity contribution in [1.29, 1.82) is 0 Å². The SMILES string of the molecule is CCO[C@@H]1COC[C@@H]1Oc1ncc(-c2ccc(F)c(Cl)c2F)c2ncnc(N)c12. The van der Waals surface area contributed by atoms with Gasteiger partial charge in [-0.25, -0.2) is 23.7 Å². The largest absolute Gasteiger partial charge is 0.468 e. The molecule has 2 atom stereocenters. The van der Waals surface area contributed by atoms with Crippen LogP contribution in [-0.2, 0) is 9.47 Å². The van der Waals surface area contributed by atoms with Crippen LogP contribution < -0.4 is 10.5 Å². The Morgan fingerprint density at radius 3 is 2.76 bits per heavy atom. The molecule has 4 rings (SSSR count). The summed E-state index contributed by atoms with van der Waals surface area (Å²) in [6.45, 7) is 3.12. The second-order valence-corrected chi connectivity index (χ2v) is 6.75. The maximum atomic E-state index is 14.6. The highest BCUT2D eigenvalue weighted by atomic mass is 35.5. The van der Waals surface area contributed by atoms with Gasteiger partial charge in [0.05, 0.1) is 18.7 Å². The van der Waals surface area contributed by atoms with Gasteiger partial charge in [-0.3, -0.25) is 0 Å². The molecule has 7 nitrogen and oxygen atoms in total. The van der Waals surface area contributed by atoms with Crippen molar-refractivity contribution in [1.82, 2.24) is 15.0 Å². The van der Waals surface area contributed by atoms with Crippen LogP contribution in [0, 0.1) is 11.6 Å². The monoisotopic (exact) mass is 422 g/mol. The number of anilines is 1. The molecular weight excluding hydrogens is 406 g/mol. The molecule has 1 aliphatic rings. The maximum Gasteiger partial charge on any atom is 0.227 e. The molecular formula is C19H17ClF2N4O3. The van der Waals surface area contributed by atoms with Crippen molar-refractivity contribution in [3.63, 3.8) is 0 Å². The van der Waals surface area contributed by atoms with Crippen molar-refractivity contribution >= 4 is 28.3 Å². The number of benzene rings is 1. The van der Waals surface area contributed by atoms with Crippen LogP contribution in [0.1, 0.15) is 6.92 Å². The summed E-state index contributed by atoms with van der Waals surface area (Å²) in [5.74, 6) is -1.49. The Kier molecular flexibility index (Phi) is 5.44. The van der Waals surface area contributed by atoms with Crippen LogP contribution in [0.3, 0.4) is 0 Å². The zero-order valence-corrected chi connectivity index (χ0v) is 16.1. The van der Waals surface area contributed by atoms with Crippen molar-refractivity contribution in [2.24, 2.45) is 0 Å². The van der Waals surface area contributed by atoms with Gasteiger partial charge in [0, 0.05) is 23.9 Å². The van der Waals surface area contributed by atoms with Gasteiger partial charge < -0.3 is 19.9 Å². The highest BCUT2D eigenvalue weighted by molar-refractivity contribution is 6.31. The van der Waals surface area contributed by atoms with E-state index in [4.69, 9.17) is 31.5 Å². The minimum absolute atomic E-state index is 0.0370. The van der Waals surface area contributed by atoms with Gasteiger partial charge in [-0.2, -0.15) is 0 Å². The number of ether oxygens (including phenoxy) is 3. The van der Waals surface area contributed by atoms with E-state index in [1.54, 1.807) is 0 Å². The molecule has 1 aliphatic heterocycles. The number of nitrogens with zero attached hydrogens (tertiary/aromatic N) is 3. The van der Waals surface area contributed by atoms with Gasteiger partial charge in [0.2, 0.25) is 5.88 Å². The minimum atomic E-state index is -0.916. The van der Waals surface area contributed by atoms with Gasteiger partial charge in [0.15, 0.2) is 11.9 Å². The Bertz CT molecular complexity index is 1070. The number of rotatable bonds is 5. The summed E-state index contributed by atoms with van der Waals surface area (Å²) < 4.78 is 45.2. The standard InChI is InChI=1S/C19H17ClF2N4O3/c1-2-28-12-6-27-7-13(12)29-19-14-17(25-8-26-18(14)23)10(5-24-19)9-3-4-11(21)15(20)16(9)22/h3-5,8,12-13H,2,6-7H2,1H3,(H2,23,25,26)/t12-,13+/m1/s1. The van der Waals surface area contributed by atoms with Crippen LogP contribution in [0.25, 0.3) is 22.0 Å². The lowest BCUT2D eigenvalue weighted by atomic mass is 10.0. The molecule has 0 saturated carbocycles. The number of fused-ring (bicyclic) bond motifs is 1. The first kappa shape index (κ1) is 19.7. The smallest absolute Gasteiger partial charge is 0.227 e. The molecule has 0 radical (unpaired) electrons. The summed E-state index contributed by atoms with van der Waals surface area (Å²) in [7, 11) is 0.